The standard InChI is InChI=1S/C9H17NO4S/c1-15(13,14)7-6-10-5-3-2-4-8(10)9(11)12/h8H,2-7H2,1H3,(H,11,12). The van der Waals surface area contributed by atoms with Gasteiger partial charge in [0.15, 0.2) is 0 Å². The zero-order valence-electron chi connectivity index (χ0n) is 8.85. The molecule has 15 heavy (non-hydrogen) atoms. The highest BCUT2D eigenvalue weighted by Crippen LogP contribution is 2.16. The summed E-state index contributed by atoms with van der Waals surface area (Å²) in [6, 6.07) is -0.500. The van der Waals surface area contributed by atoms with E-state index in [4.69, 9.17) is 5.11 Å². The van der Waals surface area contributed by atoms with E-state index in [0.717, 1.165) is 12.8 Å². The average Bonchev–Trinajstić information content (AvgIpc) is 2.14. The van der Waals surface area contributed by atoms with Crippen molar-refractivity contribution in [2.45, 2.75) is 25.3 Å². The summed E-state index contributed by atoms with van der Waals surface area (Å²) in [5.41, 5.74) is 0. The van der Waals surface area contributed by atoms with Crippen LogP contribution in [0.5, 0.6) is 0 Å². The van der Waals surface area contributed by atoms with Crippen molar-refractivity contribution in [1.82, 2.24) is 4.90 Å². The van der Waals surface area contributed by atoms with E-state index in [2.05, 4.69) is 0 Å². The van der Waals surface area contributed by atoms with E-state index in [1.165, 1.54) is 6.26 Å². The predicted molar refractivity (Wildman–Crippen MR) is 56.6 cm³/mol. The van der Waals surface area contributed by atoms with Crippen LogP contribution in [-0.4, -0.2) is 55.5 Å². The third kappa shape index (κ3) is 4.17. The molecule has 0 spiro atoms. The van der Waals surface area contributed by atoms with Gasteiger partial charge in [0.1, 0.15) is 15.9 Å². The van der Waals surface area contributed by atoms with Gasteiger partial charge < -0.3 is 5.11 Å². The SMILES string of the molecule is CS(=O)(=O)CCN1CCCCC1C(=O)O. The Morgan fingerprint density at radius 3 is 2.67 bits per heavy atom. The summed E-state index contributed by atoms with van der Waals surface area (Å²) >= 11 is 0. The largest absolute Gasteiger partial charge is 0.480 e. The van der Waals surface area contributed by atoms with Gasteiger partial charge in [0, 0.05) is 12.8 Å². The van der Waals surface area contributed by atoms with Crippen molar-refractivity contribution in [1.29, 1.82) is 0 Å². The number of carboxylic acids is 1. The Morgan fingerprint density at radius 1 is 1.47 bits per heavy atom. The number of sulfone groups is 1. The fourth-order valence-corrected chi connectivity index (χ4v) is 2.39. The fourth-order valence-electron chi connectivity index (χ4n) is 1.82. The van der Waals surface area contributed by atoms with Crippen molar-refractivity contribution in [3.8, 4) is 0 Å². The molecule has 1 saturated heterocycles. The van der Waals surface area contributed by atoms with E-state index in [0.29, 0.717) is 19.5 Å². The molecule has 0 aromatic heterocycles. The molecule has 1 fully saturated rings. The van der Waals surface area contributed by atoms with Crippen molar-refractivity contribution in [2.24, 2.45) is 0 Å². The third-order valence-corrected chi connectivity index (χ3v) is 3.57. The molecule has 6 heteroatoms. The lowest BCUT2D eigenvalue weighted by atomic mass is 10.0. The van der Waals surface area contributed by atoms with Crippen LogP contribution < -0.4 is 0 Å². The molecular weight excluding hydrogens is 218 g/mol. The van der Waals surface area contributed by atoms with E-state index in [9.17, 15) is 13.2 Å². The summed E-state index contributed by atoms with van der Waals surface area (Å²) < 4.78 is 22.0. The summed E-state index contributed by atoms with van der Waals surface area (Å²) in [5, 5.41) is 8.95. The highest BCUT2D eigenvalue weighted by molar-refractivity contribution is 7.90. The Kier molecular flexibility index (Phi) is 4.10. The lowest BCUT2D eigenvalue weighted by Crippen LogP contribution is -2.46. The molecular formula is C9H17NO4S. The van der Waals surface area contributed by atoms with Crippen LogP contribution in [0.3, 0.4) is 0 Å². The molecule has 88 valence electrons. The number of hydrogen-bond donors (Lipinski definition) is 1. The molecule has 0 aromatic carbocycles. The smallest absolute Gasteiger partial charge is 0.320 e. The second kappa shape index (κ2) is 4.94. The molecule has 1 atom stereocenters. The van der Waals surface area contributed by atoms with Gasteiger partial charge in [-0.25, -0.2) is 8.42 Å². The lowest BCUT2D eigenvalue weighted by molar-refractivity contribution is -0.144. The maximum absolute atomic E-state index is 11.0. The quantitative estimate of drug-likeness (QED) is 0.740. The summed E-state index contributed by atoms with van der Waals surface area (Å²) in [5.74, 6) is -0.806. The van der Waals surface area contributed by atoms with Gasteiger partial charge in [0.2, 0.25) is 0 Å². The number of aliphatic carboxylic acids is 1. The normalized spacial score (nSPS) is 23.9. The molecule has 1 aliphatic heterocycles. The second-order valence-electron chi connectivity index (χ2n) is 4.02. The number of nitrogens with zero attached hydrogens (tertiary/aromatic N) is 1. The molecule has 1 N–H and O–H groups in total. The zero-order valence-corrected chi connectivity index (χ0v) is 9.66. The van der Waals surface area contributed by atoms with E-state index in [1.54, 1.807) is 4.90 Å². The van der Waals surface area contributed by atoms with Crippen LogP contribution in [0.25, 0.3) is 0 Å². The first kappa shape index (κ1) is 12.4. The topological polar surface area (TPSA) is 74.7 Å². The van der Waals surface area contributed by atoms with Crippen LogP contribution in [0.2, 0.25) is 0 Å². The van der Waals surface area contributed by atoms with Gasteiger partial charge in [0.05, 0.1) is 5.75 Å². The molecule has 1 aliphatic rings. The van der Waals surface area contributed by atoms with Crippen molar-refractivity contribution in [3.63, 3.8) is 0 Å². The van der Waals surface area contributed by atoms with Crippen molar-refractivity contribution < 1.29 is 18.3 Å². The Bertz CT molecular complexity index is 325. The highest BCUT2D eigenvalue weighted by Gasteiger charge is 2.28. The van der Waals surface area contributed by atoms with Crippen LogP contribution in [0.1, 0.15) is 19.3 Å². The molecule has 0 amide bonds. The van der Waals surface area contributed by atoms with E-state index >= 15 is 0 Å². The first-order valence-corrected chi connectivity index (χ1v) is 7.11. The molecule has 1 heterocycles. The molecule has 1 rings (SSSR count). The van der Waals surface area contributed by atoms with Gasteiger partial charge in [-0.1, -0.05) is 6.42 Å². The minimum atomic E-state index is -3.01. The van der Waals surface area contributed by atoms with Crippen molar-refractivity contribution in [3.05, 3.63) is 0 Å². The number of rotatable bonds is 4. The number of piperidine rings is 1. The molecule has 1 unspecified atom stereocenters. The minimum absolute atomic E-state index is 0.0385. The molecule has 5 nitrogen and oxygen atoms in total. The van der Waals surface area contributed by atoms with Gasteiger partial charge >= 0.3 is 5.97 Å². The monoisotopic (exact) mass is 235 g/mol. The summed E-state index contributed by atoms with van der Waals surface area (Å²) in [6.07, 6.45) is 3.66. The van der Waals surface area contributed by atoms with Gasteiger partial charge in [-0.3, -0.25) is 9.69 Å². The van der Waals surface area contributed by atoms with E-state index in [-0.39, 0.29) is 5.75 Å². The lowest BCUT2D eigenvalue weighted by Gasteiger charge is -2.32. The zero-order chi connectivity index (χ0) is 11.5. The van der Waals surface area contributed by atoms with E-state index in [1.807, 2.05) is 0 Å². The van der Waals surface area contributed by atoms with Crippen molar-refractivity contribution >= 4 is 15.8 Å². The maximum Gasteiger partial charge on any atom is 0.320 e. The molecule has 0 radical (unpaired) electrons. The Labute approximate surface area is 90.0 Å². The Morgan fingerprint density at radius 2 is 2.13 bits per heavy atom. The Balaban J connectivity index is 2.54. The number of likely N-dealkylation sites (tertiary alicyclic amines) is 1. The van der Waals surface area contributed by atoms with Crippen LogP contribution in [0, 0.1) is 0 Å². The first-order chi connectivity index (χ1) is 6.90. The van der Waals surface area contributed by atoms with Gasteiger partial charge in [-0.2, -0.15) is 0 Å². The maximum atomic E-state index is 11.0. The number of hydrogen-bond acceptors (Lipinski definition) is 4. The van der Waals surface area contributed by atoms with Gasteiger partial charge in [-0.15, -0.1) is 0 Å². The van der Waals surface area contributed by atoms with Gasteiger partial charge in [0.25, 0.3) is 0 Å². The predicted octanol–water partition coefficient (Wildman–Crippen LogP) is -0.0299. The van der Waals surface area contributed by atoms with E-state index < -0.39 is 21.8 Å². The second-order valence-corrected chi connectivity index (χ2v) is 6.28. The van der Waals surface area contributed by atoms with Crippen molar-refractivity contribution in [2.75, 3.05) is 25.1 Å². The highest BCUT2D eigenvalue weighted by atomic mass is 32.2. The van der Waals surface area contributed by atoms with Crippen LogP contribution in [0.4, 0.5) is 0 Å². The summed E-state index contributed by atoms with van der Waals surface area (Å²) in [4.78, 5) is 12.7. The molecule has 0 bridgehead atoms. The molecule has 0 aliphatic carbocycles. The third-order valence-electron chi connectivity index (χ3n) is 2.65. The first-order valence-electron chi connectivity index (χ1n) is 5.05. The Hall–Kier alpha value is -0.620. The summed E-state index contributed by atoms with van der Waals surface area (Å²) in [7, 11) is -3.01. The minimum Gasteiger partial charge on any atom is -0.480 e. The number of carboxylic acid groups (broad SMARTS) is 1. The summed E-state index contributed by atoms with van der Waals surface area (Å²) in [6.45, 7) is 1.02. The van der Waals surface area contributed by atoms with Crippen LogP contribution in [0.15, 0.2) is 0 Å². The van der Waals surface area contributed by atoms with Crippen LogP contribution >= 0.6 is 0 Å². The molecule has 0 saturated carbocycles. The average molecular weight is 235 g/mol. The number of carbonyl (C=O) groups is 1. The fraction of sp³-hybridized carbons (Fsp3) is 0.889. The van der Waals surface area contributed by atoms with Gasteiger partial charge in [-0.05, 0) is 19.4 Å². The molecule has 0 aromatic rings. The van der Waals surface area contributed by atoms with Crippen LogP contribution in [-0.2, 0) is 14.6 Å².